The molecule has 0 unspecified atom stereocenters. The van der Waals surface area contributed by atoms with Crippen LogP contribution in [0.1, 0.15) is 0 Å². The number of nitrogens with one attached hydrogen (secondary N) is 1. The number of anilines is 3. The molecule has 0 aliphatic carbocycles. The number of nitrogen functional groups attached to an aromatic ring is 1. The minimum atomic E-state index is -0.377. The Morgan fingerprint density at radius 1 is 1.25 bits per heavy atom. The molecule has 3 rings (SSSR count). The summed E-state index contributed by atoms with van der Waals surface area (Å²) in [5, 5.41) is 2.95. The van der Waals surface area contributed by atoms with Crippen LogP contribution < -0.4 is 15.8 Å². The van der Waals surface area contributed by atoms with Crippen molar-refractivity contribution in [3.05, 3.63) is 42.2 Å². The number of rotatable bonds is 3. The number of nitrogens with two attached hydrogens (primary N) is 1. The number of nitrogens with zero attached hydrogens (tertiary/aromatic N) is 1. The fourth-order valence-electron chi connectivity index (χ4n) is 1.88. The molecule has 0 atom stereocenters. The van der Waals surface area contributed by atoms with Gasteiger partial charge in [0.15, 0.2) is 5.58 Å². The average Bonchev–Trinajstić information content (AvgIpc) is 2.82. The third kappa shape index (κ3) is 2.23. The van der Waals surface area contributed by atoms with Gasteiger partial charge >= 0.3 is 0 Å². The van der Waals surface area contributed by atoms with E-state index in [1.54, 1.807) is 24.3 Å². The molecular formula is C14H12FN3O2. The van der Waals surface area contributed by atoms with E-state index < -0.39 is 0 Å². The summed E-state index contributed by atoms with van der Waals surface area (Å²) in [4.78, 5) is 4.26. The van der Waals surface area contributed by atoms with Gasteiger partial charge < -0.3 is 20.2 Å². The molecule has 0 bridgehead atoms. The number of ether oxygens (including phenoxy) is 1. The van der Waals surface area contributed by atoms with Crippen molar-refractivity contribution in [3.8, 4) is 5.75 Å². The van der Waals surface area contributed by atoms with Gasteiger partial charge in [0.05, 0.1) is 12.8 Å². The van der Waals surface area contributed by atoms with Crippen molar-refractivity contribution in [1.29, 1.82) is 0 Å². The highest BCUT2D eigenvalue weighted by atomic mass is 19.1. The first-order valence-corrected chi connectivity index (χ1v) is 5.92. The molecule has 20 heavy (non-hydrogen) atoms. The van der Waals surface area contributed by atoms with Gasteiger partial charge in [-0.2, -0.15) is 4.98 Å². The number of benzene rings is 2. The molecule has 0 spiro atoms. The Kier molecular flexibility index (Phi) is 2.90. The van der Waals surface area contributed by atoms with Crippen molar-refractivity contribution in [2.75, 3.05) is 18.2 Å². The van der Waals surface area contributed by atoms with Gasteiger partial charge in [0, 0.05) is 11.8 Å². The Morgan fingerprint density at radius 2 is 2.10 bits per heavy atom. The molecule has 3 N–H and O–H groups in total. The van der Waals surface area contributed by atoms with E-state index in [0.717, 1.165) is 0 Å². The average molecular weight is 273 g/mol. The zero-order chi connectivity index (χ0) is 14.1. The van der Waals surface area contributed by atoms with Crippen molar-refractivity contribution < 1.29 is 13.5 Å². The van der Waals surface area contributed by atoms with E-state index in [2.05, 4.69) is 10.3 Å². The lowest BCUT2D eigenvalue weighted by atomic mass is 10.3. The highest BCUT2D eigenvalue weighted by Crippen LogP contribution is 2.29. The standard InChI is InChI=1S/C14H12FN3O2/c1-19-13-6-8(15)2-4-10(13)17-14-18-11-7-9(16)3-5-12(11)20-14/h2-7H,16H2,1H3,(H,17,18). The summed E-state index contributed by atoms with van der Waals surface area (Å²) < 4.78 is 23.8. The van der Waals surface area contributed by atoms with Gasteiger partial charge in [-0.1, -0.05) is 0 Å². The second kappa shape index (κ2) is 4.73. The molecule has 0 aliphatic rings. The van der Waals surface area contributed by atoms with Crippen LogP contribution in [0.2, 0.25) is 0 Å². The Hall–Kier alpha value is -2.76. The van der Waals surface area contributed by atoms with Gasteiger partial charge in [-0.25, -0.2) is 4.39 Å². The van der Waals surface area contributed by atoms with Crippen LogP contribution in [-0.2, 0) is 0 Å². The summed E-state index contributed by atoms with van der Waals surface area (Å²) in [6.45, 7) is 0. The van der Waals surface area contributed by atoms with Crippen molar-refractivity contribution in [2.45, 2.75) is 0 Å². The van der Waals surface area contributed by atoms with Crippen LogP contribution in [-0.4, -0.2) is 12.1 Å². The number of fused-ring (bicyclic) bond motifs is 1. The van der Waals surface area contributed by atoms with E-state index in [4.69, 9.17) is 14.9 Å². The predicted molar refractivity (Wildman–Crippen MR) is 74.7 cm³/mol. The molecular weight excluding hydrogens is 261 g/mol. The second-order valence-electron chi connectivity index (χ2n) is 4.22. The van der Waals surface area contributed by atoms with Crippen LogP contribution in [0.3, 0.4) is 0 Å². The molecule has 1 heterocycles. The van der Waals surface area contributed by atoms with Gasteiger partial charge in [-0.15, -0.1) is 0 Å². The minimum absolute atomic E-state index is 0.288. The molecule has 102 valence electrons. The van der Waals surface area contributed by atoms with E-state index >= 15 is 0 Å². The Balaban J connectivity index is 1.96. The van der Waals surface area contributed by atoms with Crippen molar-refractivity contribution in [3.63, 3.8) is 0 Å². The maximum absolute atomic E-state index is 13.1. The van der Waals surface area contributed by atoms with E-state index in [1.165, 1.54) is 19.2 Å². The molecule has 0 radical (unpaired) electrons. The molecule has 1 aromatic heterocycles. The van der Waals surface area contributed by atoms with Crippen molar-refractivity contribution in [2.24, 2.45) is 0 Å². The third-order valence-electron chi connectivity index (χ3n) is 2.82. The monoisotopic (exact) mass is 273 g/mol. The highest BCUT2D eigenvalue weighted by molar-refractivity contribution is 5.79. The summed E-state index contributed by atoms with van der Waals surface area (Å²) >= 11 is 0. The van der Waals surface area contributed by atoms with E-state index in [-0.39, 0.29) is 11.8 Å². The number of hydrogen-bond acceptors (Lipinski definition) is 5. The zero-order valence-corrected chi connectivity index (χ0v) is 10.7. The highest BCUT2D eigenvalue weighted by Gasteiger charge is 2.10. The fourth-order valence-corrected chi connectivity index (χ4v) is 1.88. The first-order chi connectivity index (χ1) is 9.65. The summed E-state index contributed by atoms with van der Waals surface area (Å²) in [6.07, 6.45) is 0. The number of aromatic nitrogens is 1. The topological polar surface area (TPSA) is 73.3 Å². The molecule has 2 aromatic carbocycles. The fraction of sp³-hybridized carbons (Fsp3) is 0.0714. The van der Waals surface area contributed by atoms with Gasteiger partial charge in [-0.05, 0) is 30.3 Å². The van der Waals surface area contributed by atoms with Gasteiger partial charge in [0.1, 0.15) is 17.1 Å². The molecule has 0 saturated heterocycles. The first kappa shape index (κ1) is 12.3. The lowest BCUT2D eigenvalue weighted by Crippen LogP contribution is -1.95. The summed E-state index contributed by atoms with van der Waals surface area (Å²) in [5.74, 6) is -0.00971. The number of halogens is 1. The Bertz CT molecular complexity index is 770. The van der Waals surface area contributed by atoms with Crippen LogP contribution >= 0.6 is 0 Å². The molecule has 6 heteroatoms. The van der Waals surface area contributed by atoms with Crippen molar-refractivity contribution in [1.82, 2.24) is 4.98 Å². The largest absolute Gasteiger partial charge is 0.494 e. The summed E-state index contributed by atoms with van der Waals surface area (Å²) in [7, 11) is 1.46. The van der Waals surface area contributed by atoms with Gasteiger partial charge in [-0.3, -0.25) is 0 Å². The van der Waals surface area contributed by atoms with Gasteiger partial charge in [0.2, 0.25) is 0 Å². The SMILES string of the molecule is COc1cc(F)ccc1Nc1nc2cc(N)ccc2o1. The summed E-state index contributed by atoms with van der Waals surface area (Å²) in [5.41, 5.74) is 8.12. The number of oxazole rings is 1. The lowest BCUT2D eigenvalue weighted by molar-refractivity contribution is 0.413. The van der Waals surface area contributed by atoms with E-state index in [0.29, 0.717) is 28.2 Å². The number of hydrogen-bond donors (Lipinski definition) is 2. The van der Waals surface area contributed by atoms with Crippen LogP contribution in [0.5, 0.6) is 5.75 Å². The molecule has 3 aromatic rings. The second-order valence-corrected chi connectivity index (χ2v) is 4.22. The van der Waals surface area contributed by atoms with Crippen molar-refractivity contribution >= 4 is 28.5 Å². The predicted octanol–water partition coefficient (Wildman–Crippen LogP) is 3.30. The zero-order valence-electron chi connectivity index (χ0n) is 10.7. The van der Waals surface area contributed by atoms with E-state index in [9.17, 15) is 4.39 Å². The van der Waals surface area contributed by atoms with Gasteiger partial charge in [0.25, 0.3) is 6.01 Å². The Labute approximate surface area is 114 Å². The maximum atomic E-state index is 13.1. The Morgan fingerprint density at radius 3 is 2.90 bits per heavy atom. The van der Waals surface area contributed by atoms with E-state index in [1.807, 2.05) is 0 Å². The molecule has 0 saturated carbocycles. The smallest absolute Gasteiger partial charge is 0.300 e. The quantitative estimate of drug-likeness (QED) is 0.716. The van der Waals surface area contributed by atoms with Crippen LogP contribution in [0.4, 0.5) is 21.8 Å². The normalized spacial score (nSPS) is 10.7. The maximum Gasteiger partial charge on any atom is 0.300 e. The third-order valence-corrected chi connectivity index (χ3v) is 2.82. The summed E-state index contributed by atoms with van der Waals surface area (Å²) in [6, 6.07) is 9.63. The first-order valence-electron chi connectivity index (χ1n) is 5.92. The van der Waals surface area contributed by atoms with Crippen LogP contribution in [0, 0.1) is 5.82 Å². The minimum Gasteiger partial charge on any atom is -0.494 e. The van der Waals surface area contributed by atoms with Crippen LogP contribution in [0.25, 0.3) is 11.1 Å². The number of methoxy groups -OCH3 is 1. The lowest BCUT2D eigenvalue weighted by Gasteiger charge is -2.07. The molecule has 0 amide bonds. The van der Waals surface area contributed by atoms with Crippen LogP contribution in [0.15, 0.2) is 40.8 Å². The molecule has 0 fully saturated rings. The molecule has 5 nitrogen and oxygen atoms in total. The molecule has 0 aliphatic heterocycles.